The molecule has 0 spiro atoms. The van der Waals surface area contributed by atoms with Crippen molar-refractivity contribution < 1.29 is 15.5 Å². The van der Waals surface area contributed by atoms with E-state index in [1.54, 1.807) is 0 Å². The lowest BCUT2D eigenvalue weighted by Gasteiger charge is -2.50. The normalized spacial score (nSPS) is 27.8. The fourth-order valence-electron chi connectivity index (χ4n) is 1.51. The number of rotatable bonds is 1. The molecule has 0 aromatic heterocycles. The van der Waals surface area contributed by atoms with Crippen molar-refractivity contribution in [3.63, 3.8) is 0 Å². The van der Waals surface area contributed by atoms with Gasteiger partial charge in [0.2, 0.25) is 9.05 Å². The average Bonchev–Trinajstić information content (AvgIpc) is 1.85. The van der Waals surface area contributed by atoms with Gasteiger partial charge in [-0.3, -0.25) is 0 Å². The van der Waals surface area contributed by atoms with Crippen LogP contribution in [-0.4, -0.2) is 5.25 Å². The van der Waals surface area contributed by atoms with E-state index in [1.165, 1.54) is 0 Å². The second-order valence-corrected chi connectivity index (χ2v) is 7.95. The van der Waals surface area contributed by atoms with Gasteiger partial charge in [0.25, 0.3) is 0 Å². The number of hydrogen-bond acceptors (Lipinski definition) is 0. The zero-order valence-electron chi connectivity index (χ0n) is 6.41. The summed E-state index contributed by atoms with van der Waals surface area (Å²) in [5.74, 6) is 0. The van der Waals surface area contributed by atoms with Crippen molar-refractivity contribution in [2.45, 2.75) is 37.4 Å². The minimum absolute atomic E-state index is 0.148. The van der Waals surface area contributed by atoms with E-state index in [0.29, 0.717) is 12.8 Å². The average molecular weight is 227 g/mol. The maximum Gasteiger partial charge on any atom is 0.232 e. The summed E-state index contributed by atoms with van der Waals surface area (Å²) < 4.78 is 50.1. The summed E-state index contributed by atoms with van der Waals surface area (Å²) in [6.07, 6.45) is 1.31. The molecule has 0 nitrogen and oxygen atoms in total. The Labute approximate surface area is 73.2 Å². The lowest BCUT2D eigenvalue weighted by Crippen LogP contribution is -2.26. The lowest BCUT2D eigenvalue weighted by molar-refractivity contribution is 0.399. The van der Waals surface area contributed by atoms with Gasteiger partial charge < -0.3 is 0 Å². The predicted octanol–water partition coefficient (Wildman–Crippen LogP) is 4.89. The van der Waals surface area contributed by atoms with Gasteiger partial charge in [0, 0.05) is 10.7 Å². The number of hydrogen-bond donors (Lipinski definition) is 0. The second-order valence-electron chi connectivity index (χ2n) is 3.29. The highest BCUT2D eigenvalue weighted by Crippen LogP contribution is 3.03. The molecule has 6 heteroatoms. The molecule has 1 fully saturated rings. The second kappa shape index (κ2) is 2.23. The monoisotopic (exact) mass is 226 g/mol. The molecule has 0 bridgehead atoms. The molecule has 1 aliphatic rings. The minimum atomic E-state index is -8.18. The highest BCUT2D eigenvalue weighted by atomic mass is 35.7. The molecule has 0 amide bonds. The largest absolute Gasteiger partial charge is 0.232 e. The SMILES string of the molecule is FS(F)(F)(F)(Cl)C1CCCCC1. The standard InChI is InChI=1S/C6H11ClF4S/c7-12(8,9,10,11)6-4-2-1-3-5-6/h6H,1-5H2. The Bertz CT molecular complexity index is 177. The molecule has 12 heavy (non-hydrogen) atoms. The third-order valence-electron chi connectivity index (χ3n) is 2.18. The lowest BCUT2D eigenvalue weighted by atomic mass is 10.0. The van der Waals surface area contributed by atoms with E-state index in [-0.39, 0.29) is 12.8 Å². The van der Waals surface area contributed by atoms with E-state index >= 15 is 0 Å². The smallest absolute Gasteiger partial charge is 0.111 e. The molecule has 0 atom stereocenters. The van der Waals surface area contributed by atoms with Gasteiger partial charge in [-0.2, -0.15) is 0 Å². The van der Waals surface area contributed by atoms with Crippen molar-refractivity contribution in [2.24, 2.45) is 0 Å². The molecule has 1 saturated carbocycles. The van der Waals surface area contributed by atoms with E-state index in [4.69, 9.17) is 0 Å². The van der Waals surface area contributed by atoms with Crippen molar-refractivity contribution in [3.8, 4) is 0 Å². The first kappa shape index (κ1) is 10.4. The van der Waals surface area contributed by atoms with Gasteiger partial charge in [-0.25, -0.2) is 0 Å². The molecule has 0 heterocycles. The van der Waals surface area contributed by atoms with Crippen molar-refractivity contribution in [1.82, 2.24) is 0 Å². The van der Waals surface area contributed by atoms with E-state index in [1.807, 2.05) is 0 Å². The summed E-state index contributed by atoms with van der Waals surface area (Å²) >= 11 is 0. The summed E-state index contributed by atoms with van der Waals surface area (Å²) in [6, 6.07) is 0. The summed E-state index contributed by atoms with van der Waals surface area (Å²) in [7, 11) is -4.00. The molecule has 0 saturated heterocycles. The van der Waals surface area contributed by atoms with Crippen LogP contribution in [0.25, 0.3) is 0 Å². The topological polar surface area (TPSA) is 0 Å². The minimum Gasteiger partial charge on any atom is -0.111 e. The fraction of sp³-hybridized carbons (Fsp3) is 1.00. The highest BCUT2D eigenvalue weighted by molar-refractivity contribution is 8.66. The molecular formula is C6H11ClF4S. The Hall–Kier alpha value is 0.360. The summed E-state index contributed by atoms with van der Waals surface area (Å²) in [5, 5.41) is -1.89. The summed E-state index contributed by atoms with van der Waals surface area (Å²) in [5.41, 5.74) is 0. The van der Waals surface area contributed by atoms with Crippen LogP contribution < -0.4 is 0 Å². The van der Waals surface area contributed by atoms with Crippen molar-refractivity contribution in [1.29, 1.82) is 0 Å². The molecule has 0 aromatic rings. The van der Waals surface area contributed by atoms with Gasteiger partial charge in [0.1, 0.15) is 0 Å². The van der Waals surface area contributed by atoms with Crippen molar-refractivity contribution in [3.05, 3.63) is 0 Å². The Morgan fingerprint density at radius 2 is 1.33 bits per heavy atom. The molecule has 76 valence electrons. The third kappa shape index (κ3) is 2.69. The highest BCUT2D eigenvalue weighted by Gasteiger charge is 2.66. The van der Waals surface area contributed by atoms with Gasteiger partial charge in [0.05, 0.1) is 5.25 Å². The van der Waals surface area contributed by atoms with Crippen LogP contribution in [-0.2, 0) is 0 Å². The Morgan fingerprint density at radius 1 is 0.917 bits per heavy atom. The first-order valence-electron chi connectivity index (χ1n) is 3.82. The van der Waals surface area contributed by atoms with Crippen molar-refractivity contribution >= 4 is 19.7 Å². The first-order valence-corrected chi connectivity index (χ1v) is 6.76. The van der Waals surface area contributed by atoms with E-state index in [9.17, 15) is 15.5 Å². The quantitative estimate of drug-likeness (QED) is 0.559. The van der Waals surface area contributed by atoms with E-state index in [2.05, 4.69) is 10.7 Å². The fourth-order valence-corrected chi connectivity index (χ4v) is 3.27. The van der Waals surface area contributed by atoms with Crippen LogP contribution >= 0.6 is 19.7 Å². The van der Waals surface area contributed by atoms with Crippen LogP contribution in [0.15, 0.2) is 0 Å². The van der Waals surface area contributed by atoms with Crippen LogP contribution in [0.4, 0.5) is 15.5 Å². The predicted molar refractivity (Wildman–Crippen MR) is 44.7 cm³/mol. The summed E-state index contributed by atoms with van der Waals surface area (Å²) in [4.78, 5) is 0. The first-order chi connectivity index (χ1) is 5.09. The molecule has 1 aliphatic carbocycles. The van der Waals surface area contributed by atoms with E-state index < -0.39 is 14.3 Å². The van der Waals surface area contributed by atoms with Gasteiger partial charge in [-0.05, 0) is 12.8 Å². The van der Waals surface area contributed by atoms with Gasteiger partial charge >= 0.3 is 0 Å². The zero-order valence-corrected chi connectivity index (χ0v) is 7.98. The molecule has 0 aliphatic heterocycles. The Balaban J connectivity index is 2.81. The molecule has 0 radical (unpaired) electrons. The number of halogens is 5. The maximum atomic E-state index is 12.5. The summed E-state index contributed by atoms with van der Waals surface area (Å²) in [6.45, 7) is 0. The van der Waals surface area contributed by atoms with Gasteiger partial charge in [-0.15, -0.1) is 15.5 Å². The Morgan fingerprint density at radius 3 is 1.58 bits per heavy atom. The molecular weight excluding hydrogens is 216 g/mol. The van der Waals surface area contributed by atoms with Crippen LogP contribution in [0.2, 0.25) is 0 Å². The van der Waals surface area contributed by atoms with Gasteiger partial charge in [0.15, 0.2) is 0 Å². The maximum absolute atomic E-state index is 12.5. The molecule has 1 rings (SSSR count). The van der Waals surface area contributed by atoms with Crippen LogP contribution in [0.3, 0.4) is 0 Å². The van der Waals surface area contributed by atoms with Crippen molar-refractivity contribution in [2.75, 3.05) is 0 Å². The molecule has 0 aromatic carbocycles. The molecule has 0 N–H and O–H groups in total. The molecule has 0 unspecified atom stereocenters. The van der Waals surface area contributed by atoms with Gasteiger partial charge in [-0.1, -0.05) is 19.3 Å². The van der Waals surface area contributed by atoms with Crippen LogP contribution in [0, 0.1) is 0 Å². The van der Waals surface area contributed by atoms with E-state index in [0.717, 1.165) is 6.42 Å². The van der Waals surface area contributed by atoms with Crippen LogP contribution in [0.1, 0.15) is 32.1 Å². The third-order valence-corrected chi connectivity index (χ3v) is 4.67. The zero-order chi connectivity index (χ0) is 9.52. The van der Waals surface area contributed by atoms with Crippen LogP contribution in [0.5, 0.6) is 0 Å². The Kier molecular flexibility index (Phi) is 1.94.